The molecule has 0 bridgehead atoms. The quantitative estimate of drug-likeness (QED) is 0.815. The Balaban J connectivity index is 1.40. The average Bonchev–Trinajstić information content (AvgIpc) is 3.40. The molecule has 0 spiro atoms. The van der Waals surface area contributed by atoms with E-state index in [1.807, 2.05) is 12.1 Å². The molecule has 6 nitrogen and oxygen atoms in total. The van der Waals surface area contributed by atoms with E-state index >= 15 is 0 Å². The largest absolute Gasteiger partial charge is 0.377 e. The molecule has 152 valence electrons. The molecule has 1 aromatic heterocycles. The smallest absolute Gasteiger partial charge is 0.161 e. The number of carbonyl (C=O) groups excluding carboxylic acids is 1. The molecule has 1 saturated heterocycles. The molecule has 1 saturated carbocycles. The third-order valence-electron chi connectivity index (χ3n) is 6.13. The third kappa shape index (κ3) is 4.05. The number of aromatic nitrogens is 2. The molecule has 0 amide bonds. The van der Waals surface area contributed by atoms with E-state index in [9.17, 15) is 4.79 Å². The van der Waals surface area contributed by atoms with Crippen LogP contribution in [0, 0.1) is 5.92 Å². The maximum Gasteiger partial charge on any atom is 0.161 e. The highest BCUT2D eigenvalue weighted by Crippen LogP contribution is 2.33. The summed E-state index contributed by atoms with van der Waals surface area (Å²) in [7, 11) is 0. The first-order valence-corrected chi connectivity index (χ1v) is 10.7. The van der Waals surface area contributed by atoms with Gasteiger partial charge in [-0.25, -0.2) is 9.97 Å². The number of benzene rings is 1. The highest BCUT2D eigenvalue weighted by molar-refractivity contribution is 5.81. The third-order valence-corrected chi connectivity index (χ3v) is 6.13. The first kappa shape index (κ1) is 18.7. The van der Waals surface area contributed by atoms with Crippen LogP contribution in [-0.4, -0.2) is 41.6 Å². The predicted octanol–water partition coefficient (Wildman–Crippen LogP) is 2.88. The van der Waals surface area contributed by atoms with Crippen LogP contribution in [0.15, 0.2) is 24.3 Å². The Morgan fingerprint density at radius 3 is 2.79 bits per heavy atom. The van der Waals surface area contributed by atoms with Gasteiger partial charge in [-0.1, -0.05) is 24.3 Å². The SMILES string of the molecule is C[C@H]1COCCN1c1nc(-c2ccc(CC(=O)CC3CC3)cc2)nc2c1CNC2. The highest BCUT2D eigenvalue weighted by Gasteiger charge is 2.28. The zero-order valence-corrected chi connectivity index (χ0v) is 17.0. The minimum Gasteiger partial charge on any atom is -0.377 e. The van der Waals surface area contributed by atoms with Gasteiger partial charge in [-0.2, -0.15) is 0 Å². The number of ketones is 1. The number of morpholine rings is 1. The molecule has 1 atom stereocenters. The van der Waals surface area contributed by atoms with E-state index in [0.717, 1.165) is 67.7 Å². The molecule has 5 rings (SSSR count). The number of nitrogens with zero attached hydrogens (tertiary/aromatic N) is 3. The van der Waals surface area contributed by atoms with E-state index in [1.54, 1.807) is 0 Å². The highest BCUT2D eigenvalue weighted by atomic mass is 16.5. The fourth-order valence-corrected chi connectivity index (χ4v) is 4.27. The molecule has 0 unspecified atom stereocenters. The van der Waals surface area contributed by atoms with Crippen molar-refractivity contribution in [2.75, 3.05) is 24.7 Å². The fraction of sp³-hybridized carbons (Fsp3) is 0.522. The molecule has 1 aliphatic carbocycles. The van der Waals surface area contributed by atoms with E-state index in [1.165, 1.54) is 18.4 Å². The maximum atomic E-state index is 12.1. The molecule has 2 aliphatic heterocycles. The normalized spacial score (nSPS) is 21.3. The zero-order chi connectivity index (χ0) is 19.8. The van der Waals surface area contributed by atoms with Crippen molar-refractivity contribution in [3.8, 4) is 11.4 Å². The summed E-state index contributed by atoms with van der Waals surface area (Å²) in [6.45, 7) is 6.09. The summed E-state index contributed by atoms with van der Waals surface area (Å²) in [4.78, 5) is 24.3. The van der Waals surface area contributed by atoms with Gasteiger partial charge in [-0.05, 0) is 31.2 Å². The number of fused-ring (bicyclic) bond motifs is 1. The summed E-state index contributed by atoms with van der Waals surface area (Å²) in [6, 6.07) is 8.50. The standard InChI is InChI=1S/C23H28N4O2/c1-15-14-29-9-8-27(15)23-20-12-24-13-21(20)25-22(26-23)18-6-4-17(5-7-18)11-19(28)10-16-2-3-16/h4-7,15-16,24H,2-3,8-14H2,1H3/t15-/m0/s1. The number of hydrogen-bond donors (Lipinski definition) is 1. The minimum absolute atomic E-state index is 0.302. The number of rotatable bonds is 6. The Morgan fingerprint density at radius 1 is 1.21 bits per heavy atom. The van der Waals surface area contributed by atoms with Crippen LogP contribution in [0.1, 0.15) is 43.0 Å². The van der Waals surface area contributed by atoms with Crippen molar-refractivity contribution < 1.29 is 9.53 Å². The second-order valence-electron chi connectivity index (χ2n) is 8.58. The van der Waals surface area contributed by atoms with Crippen molar-refractivity contribution in [1.82, 2.24) is 15.3 Å². The van der Waals surface area contributed by atoms with E-state index in [4.69, 9.17) is 14.7 Å². The lowest BCUT2D eigenvalue weighted by atomic mass is 10.0. The van der Waals surface area contributed by atoms with Crippen molar-refractivity contribution in [1.29, 1.82) is 0 Å². The summed E-state index contributed by atoms with van der Waals surface area (Å²) in [5.74, 6) is 2.80. The van der Waals surface area contributed by atoms with Gasteiger partial charge in [0.15, 0.2) is 5.82 Å². The number of ether oxygens (including phenoxy) is 1. The summed E-state index contributed by atoms with van der Waals surface area (Å²) in [5, 5.41) is 3.41. The van der Waals surface area contributed by atoms with Crippen LogP contribution >= 0.6 is 0 Å². The lowest BCUT2D eigenvalue weighted by molar-refractivity contribution is -0.118. The van der Waals surface area contributed by atoms with Gasteiger partial charge in [0, 0.05) is 43.6 Å². The fourth-order valence-electron chi connectivity index (χ4n) is 4.27. The van der Waals surface area contributed by atoms with Gasteiger partial charge in [0.1, 0.15) is 11.6 Å². The van der Waals surface area contributed by atoms with Crippen LogP contribution < -0.4 is 10.2 Å². The van der Waals surface area contributed by atoms with Crippen LogP contribution in [-0.2, 0) is 29.0 Å². The first-order chi connectivity index (χ1) is 14.2. The maximum absolute atomic E-state index is 12.1. The van der Waals surface area contributed by atoms with E-state index in [-0.39, 0.29) is 0 Å². The van der Waals surface area contributed by atoms with Gasteiger partial charge in [-0.3, -0.25) is 4.79 Å². The summed E-state index contributed by atoms with van der Waals surface area (Å²) in [6.07, 6.45) is 3.71. The second-order valence-corrected chi connectivity index (χ2v) is 8.58. The summed E-state index contributed by atoms with van der Waals surface area (Å²) < 4.78 is 5.61. The second kappa shape index (κ2) is 7.84. The van der Waals surface area contributed by atoms with E-state index < -0.39 is 0 Å². The topological polar surface area (TPSA) is 67.3 Å². The van der Waals surface area contributed by atoms with Crippen LogP contribution in [0.3, 0.4) is 0 Å². The van der Waals surface area contributed by atoms with Crippen LogP contribution in [0.25, 0.3) is 11.4 Å². The van der Waals surface area contributed by atoms with E-state index in [2.05, 4.69) is 29.3 Å². The molecule has 29 heavy (non-hydrogen) atoms. The van der Waals surface area contributed by atoms with Crippen LogP contribution in [0.5, 0.6) is 0 Å². The predicted molar refractivity (Wildman–Crippen MR) is 112 cm³/mol. The van der Waals surface area contributed by atoms with Gasteiger partial charge >= 0.3 is 0 Å². The molecule has 3 aliphatic rings. The lowest BCUT2D eigenvalue weighted by Gasteiger charge is -2.35. The van der Waals surface area contributed by atoms with Gasteiger partial charge < -0.3 is 15.0 Å². The number of anilines is 1. The van der Waals surface area contributed by atoms with Crippen molar-refractivity contribution in [2.45, 2.75) is 51.7 Å². The Hall–Kier alpha value is -2.31. The van der Waals surface area contributed by atoms with Gasteiger partial charge in [0.25, 0.3) is 0 Å². The Morgan fingerprint density at radius 2 is 2.03 bits per heavy atom. The molecule has 3 heterocycles. The van der Waals surface area contributed by atoms with Crippen molar-refractivity contribution in [3.63, 3.8) is 0 Å². The molecule has 6 heteroatoms. The van der Waals surface area contributed by atoms with Crippen molar-refractivity contribution in [2.24, 2.45) is 5.92 Å². The molecule has 2 fully saturated rings. The zero-order valence-electron chi connectivity index (χ0n) is 17.0. The van der Waals surface area contributed by atoms with Crippen molar-refractivity contribution >= 4 is 11.6 Å². The number of nitrogens with one attached hydrogen (secondary N) is 1. The van der Waals surface area contributed by atoms with Crippen molar-refractivity contribution in [3.05, 3.63) is 41.1 Å². The summed E-state index contributed by atoms with van der Waals surface area (Å²) in [5.41, 5.74) is 4.38. The molecular weight excluding hydrogens is 364 g/mol. The van der Waals surface area contributed by atoms with Gasteiger partial charge in [0.2, 0.25) is 0 Å². The molecule has 1 aromatic carbocycles. The Kier molecular flexibility index (Phi) is 5.06. The molecule has 0 radical (unpaired) electrons. The first-order valence-electron chi connectivity index (χ1n) is 10.7. The van der Waals surface area contributed by atoms with E-state index in [0.29, 0.717) is 24.2 Å². The van der Waals surface area contributed by atoms with Crippen LogP contribution in [0.4, 0.5) is 5.82 Å². The molecule has 2 aromatic rings. The average molecular weight is 393 g/mol. The Bertz CT molecular complexity index is 908. The lowest BCUT2D eigenvalue weighted by Crippen LogP contribution is -2.44. The number of hydrogen-bond acceptors (Lipinski definition) is 6. The van der Waals surface area contributed by atoms with Crippen LogP contribution in [0.2, 0.25) is 0 Å². The van der Waals surface area contributed by atoms with Gasteiger partial charge in [0.05, 0.1) is 24.9 Å². The van der Waals surface area contributed by atoms with Gasteiger partial charge in [-0.15, -0.1) is 0 Å². The molecular formula is C23H28N4O2. The number of carbonyl (C=O) groups is 1. The molecule has 1 N–H and O–H groups in total. The minimum atomic E-state index is 0.302. The monoisotopic (exact) mass is 392 g/mol. The summed E-state index contributed by atoms with van der Waals surface area (Å²) >= 11 is 0. The Labute approximate surface area is 171 Å². The number of Topliss-reactive ketones (excluding diaryl/α,β-unsaturated/α-hetero) is 1.